The molecule has 0 aliphatic heterocycles. The second-order valence-electron chi connectivity index (χ2n) is 3.93. The molecule has 2 atom stereocenters. The molecule has 0 radical (unpaired) electrons. The summed E-state index contributed by atoms with van der Waals surface area (Å²) in [4.78, 5) is 0. The van der Waals surface area contributed by atoms with E-state index in [0.29, 0.717) is 0 Å². The van der Waals surface area contributed by atoms with Gasteiger partial charge in [0.25, 0.3) is 0 Å². The molecule has 3 nitrogen and oxygen atoms in total. The van der Waals surface area contributed by atoms with E-state index < -0.39 is 5.66 Å². The second kappa shape index (κ2) is 4.51. The van der Waals surface area contributed by atoms with Crippen LogP contribution in [0.2, 0.25) is 0 Å². The zero-order chi connectivity index (χ0) is 11.4. The van der Waals surface area contributed by atoms with Crippen molar-refractivity contribution in [3.8, 4) is 0 Å². The number of allylic oxidation sites excluding steroid dienone is 2. The molecule has 3 heteroatoms. The van der Waals surface area contributed by atoms with Crippen LogP contribution in [0.4, 0.5) is 5.69 Å². The summed E-state index contributed by atoms with van der Waals surface area (Å²) in [5, 5.41) is 6.52. The number of hydrogen-bond acceptors (Lipinski definition) is 3. The predicted octanol–water partition coefficient (Wildman–Crippen LogP) is 1.47. The highest BCUT2D eigenvalue weighted by molar-refractivity contribution is 5.48. The molecule has 4 N–H and O–H groups in total. The number of para-hydroxylation sites is 1. The highest BCUT2D eigenvalue weighted by Crippen LogP contribution is 2.19. The Morgan fingerprint density at radius 3 is 2.62 bits per heavy atom. The topological polar surface area (TPSA) is 50.1 Å². The molecule has 0 saturated carbocycles. The summed E-state index contributed by atoms with van der Waals surface area (Å²) in [5.41, 5.74) is 6.77. The van der Waals surface area contributed by atoms with Gasteiger partial charge in [0.2, 0.25) is 0 Å². The van der Waals surface area contributed by atoms with E-state index in [9.17, 15) is 0 Å². The lowest BCUT2D eigenvalue weighted by atomic mass is 9.95. The fourth-order valence-corrected chi connectivity index (χ4v) is 1.88. The molecule has 16 heavy (non-hydrogen) atoms. The van der Waals surface area contributed by atoms with Crippen LogP contribution in [0.5, 0.6) is 0 Å². The summed E-state index contributed by atoms with van der Waals surface area (Å²) in [6.07, 6.45) is 7.99. The van der Waals surface area contributed by atoms with Crippen molar-refractivity contribution in [1.82, 2.24) is 5.32 Å². The van der Waals surface area contributed by atoms with Gasteiger partial charge in [0.1, 0.15) is 5.66 Å². The van der Waals surface area contributed by atoms with Crippen LogP contribution in [0.3, 0.4) is 0 Å². The Bertz CT molecular complexity index is 397. The Morgan fingerprint density at radius 2 is 1.94 bits per heavy atom. The average Bonchev–Trinajstić information content (AvgIpc) is 2.30. The van der Waals surface area contributed by atoms with E-state index >= 15 is 0 Å². The Balaban J connectivity index is 2.19. The SMILES string of the molecule is CNC1C=CC=CC1(N)Nc1ccccc1. The fraction of sp³-hybridized carbons (Fsp3) is 0.231. The smallest absolute Gasteiger partial charge is 0.125 e. The molecule has 84 valence electrons. The minimum Gasteiger partial charge on any atom is -0.363 e. The molecule has 0 heterocycles. The van der Waals surface area contributed by atoms with Gasteiger partial charge < -0.3 is 16.4 Å². The zero-order valence-corrected chi connectivity index (χ0v) is 9.35. The molecule has 0 fully saturated rings. The van der Waals surface area contributed by atoms with Gasteiger partial charge in [0.05, 0.1) is 6.04 Å². The second-order valence-corrected chi connectivity index (χ2v) is 3.93. The highest BCUT2D eigenvalue weighted by atomic mass is 15.2. The molecule has 0 amide bonds. The van der Waals surface area contributed by atoms with Gasteiger partial charge >= 0.3 is 0 Å². The van der Waals surface area contributed by atoms with Crippen molar-refractivity contribution in [2.45, 2.75) is 11.7 Å². The van der Waals surface area contributed by atoms with Gasteiger partial charge in [-0.05, 0) is 25.3 Å². The molecule has 0 aromatic heterocycles. The van der Waals surface area contributed by atoms with E-state index in [2.05, 4.69) is 16.7 Å². The Labute approximate surface area is 96.0 Å². The first-order valence-electron chi connectivity index (χ1n) is 5.40. The van der Waals surface area contributed by atoms with Crippen molar-refractivity contribution >= 4 is 5.69 Å². The largest absolute Gasteiger partial charge is 0.363 e. The Morgan fingerprint density at radius 1 is 1.19 bits per heavy atom. The fourth-order valence-electron chi connectivity index (χ4n) is 1.88. The molecule has 0 bridgehead atoms. The highest BCUT2D eigenvalue weighted by Gasteiger charge is 2.30. The third kappa shape index (κ3) is 2.15. The van der Waals surface area contributed by atoms with E-state index in [4.69, 9.17) is 5.73 Å². The van der Waals surface area contributed by atoms with Crippen molar-refractivity contribution in [2.24, 2.45) is 5.73 Å². The molecule has 1 aliphatic carbocycles. The average molecular weight is 215 g/mol. The summed E-state index contributed by atoms with van der Waals surface area (Å²) in [6.45, 7) is 0. The molecule has 1 aliphatic rings. The number of benzene rings is 1. The summed E-state index contributed by atoms with van der Waals surface area (Å²) >= 11 is 0. The van der Waals surface area contributed by atoms with Gasteiger partial charge in [-0.25, -0.2) is 0 Å². The molecule has 2 unspecified atom stereocenters. The van der Waals surface area contributed by atoms with Gasteiger partial charge in [-0.3, -0.25) is 0 Å². The van der Waals surface area contributed by atoms with E-state index in [1.165, 1.54) is 0 Å². The minimum absolute atomic E-state index is 0.0812. The number of nitrogens with two attached hydrogens (primary N) is 1. The number of likely N-dealkylation sites (N-methyl/N-ethyl adjacent to an activating group) is 1. The molecule has 0 saturated heterocycles. The zero-order valence-electron chi connectivity index (χ0n) is 9.35. The summed E-state index contributed by atoms with van der Waals surface area (Å²) in [7, 11) is 1.91. The quantitative estimate of drug-likeness (QED) is 0.669. The first-order chi connectivity index (χ1) is 7.74. The van der Waals surface area contributed by atoms with Crippen LogP contribution in [0, 0.1) is 0 Å². The van der Waals surface area contributed by atoms with Gasteiger partial charge in [0.15, 0.2) is 0 Å². The maximum Gasteiger partial charge on any atom is 0.125 e. The van der Waals surface area contributed by atoms with Crippen LogP contribution in [-0.2, 0) is 0 Å². The van der Waals surface area contributed by atoms with Crippen LogP contribution < -0.4 is 16.4 Å². The van der Waals surface area contributed by atoms with Crippen LogP contribution in [0.1, 0.15) is 0 Å². The molecule has 1 aromatic rings. The lowest BCUT2D eigenvalue weighted by molar-refractivity contribution is 0.469. The van der Waals surface area contributed by atoms with E-state index in [-0.39, 0.29) is 6.04 Å². The summed E-state index contributed by atoms with van der Waals surface area (Å²) < 4.78 is 0. The maximum atomic E-state index is 6.33. The lowest BCUT2D eigenvalue weighted by Gasteiger charge is -2.36. The first-order valence-corrected chi connectivity index (χ1v) is 5.40. The number of anilines is 1. The van der Waals surface area contributed by atoms with Crippen molar-refractivity contribution in [3.63, 3.8) is 0 Å². The summed E-state index contributed by atoms with van der Waals surface area (Å²) in [6, 6.07) is 10.1. The third-order valence-electron chi connectivity index (χ3n) is 2.75. The van der Waals surface area contributed by atoms with E-state index in [1.807, 2.05) is 55.6 Å². The van der Waals surface area contributed by atoms with Crippen molar-refractivity contribution in [1.29, 1.82) is 0 Å². The molecule has 1 aromatic carbocycles. The number of nitrogens with one attached hydrogen (secondary N) is 2. The van der Waals surface area contributed by atoms with Gasteiger partial charge in [-0.15, -0.1) is 0 Å². The number of rotatable bonds is 3. The summed E-state index contributed by atoms with van der Waals surface area (Å²) in [5.74, 6) is 0. The van der Waals surface area contributed by atoms with Crippen molar-refractivity contribution < 1.29 is 0 Å². The maximum absolute atomic E-state index is 6.33. The lowest BCUT2D eigenvalue weighted by Crippen LogP contribution is -2.60. The predicted molar refractivity (Wildman–Crippen MR) is 68.1 cm³/mol. The monoisotopic (exact) mass is 215 g/mol. The van der Waals surface area contributed by atoms with Gasteiger partial charge in [-0.2, -0.15) is 0 Å². The normalized spacial score (nSPS) is 28.0. The van der Waals surface area contributed by atoms with E-state index in [1.54, 1.807) is 0 Å². The first kappa shape index (κ1) is 10.9. The molecule has 0 spiro atoms. The standard InChI is InChI=1S/C13H17N3/c1-15-12-9-5-6-10-13(12,14)16-11-7-3-2-4-8-11/h2-10,12,15-16H,14H2,1H3. The molecular weight excluding hydrogens is 198 g/mol. The van der Waals surface area contributed by atoms with Crippen molar-refractivity contribution in [2.75, 3.05) is 12.4 Å². The Kier molecular flexibility index (Phi) is 3.08. The van der Waals surface area contributed by atoms with Crippen molar-refractivity contribution in [3.05, 3.63) is 54.6 Å². The van der Waals surface area contributed by atoms with Crippen LogP contribution >= 0.6 is 0 Å². The number of hydrogen-bond donors (Lipinski definition) is 3. The van der Waals surface area contributed by atoms with Gasteiger partial charge in [-0.1, -0.05) is 36.4 Å². The Hall–Kier alpha value is -1.58. The molecular formula is C13H17N3. The van der Waals surface area contributed by atoms with E-state index in [0.717, 1.165) is 5.69 Å². The third-order valence-corrected chi connectivity index (χ3v) is 2.75. The van der Waals surface area contributed by atoms with Crippen LogP contribution in [0.15, 0.2) is 54.6 Å². The van der Waals surface area contributed by atoms with Crippen LogP contribution in [-0.4, -0.2) is 18.8 Å². The molecule has 2 rings (SSSR count). The minimum atomic E-state index is -0.579. The van der Waals surface area contributed by atoms with Crippen LogP contribution in [0.25, 0.3) is 0 Å². The van der Waals surface area contributed by atoms with Gasteiger partial charge in [0, 0.05) is 5.69 Å².